The van der Waals surface area contributed by atoms with Crippen molar-refractivity contribution in [2.75, 3.05) is 18.7 Å². The van der Waals surface area contributed by atoms with Crippen LogP contribution in [0.4, 0.5) is 0 Å². The number of thioether (sulfide) groups is 1. The van der Waals surface area contributed by atoms with Crippen LogP contribution in [0.2, 0.25) is 0 Å². The Morgan fingerprint density at radius 1 is 1.25 bits per heavy atom. The Bertz CT molecular complexity index is 286. The second kappa shape index (κ2) is 7.86. The molecule has 0 aliphatic rings. The second-order valence-corrected chi connectivity index (χ2v) is 5.44. The highest BCUT2D eigenvalue weighted by Gasteiger charge is 2.01. The third-order valence-electron chi connectivity index (χ3n) is 2.54. The average molecular weight is 259 g/mol. The van der Waals surface area contributed by atoms with Crippen LogP contribution in [0.3, 0.4) is 0 Å². The summed E-state index contributed by atoms with van der Waals surface area (Å²) < 4.78 is 5.12. The molecular weight excluding hydrogens is 240 g/mol. The molecule has 1 unspecified atom stereocenters. The zero-order valence-electron chi connectivity index (χ0n) is 9.91. The number of hydrogen-bond acceptors (Lipinski definition) is 2. The van der Waals surface area contributed by atoms with Gasteiger partial charge in [0.25, 0.3) is 0 Å². The topological polar surface area (TPSA) is 9.23 Å². The molecule has 1 rings (SSSR count). The fraction of sp³-hybridized carbons (Fsp3) is 0.538. The molecule has 0 N–H and O–H groups in total. The van der Waals surface area contributed by atoms with Gasteiger partial charge in [-0.2, -0.15) is 0 Å². The van der Waals surface area contributed by atoms with Crippen LogP contribution in [0.15, 0.2) is 29.2 Å². The van der Waals surface area contributed by atoms with Crippen LogP contribution in [-0.2, 0) is 0 Å². The normalized spacial score (nSPS) is 12.4. The molecule has 16 heavy (non-hydrogen) atoms. The average Bonchev–Trinajstić information content (AvgIpc) is 2.30. The van der Waals surface area contributed by atoms with Crippen LogP contribution in [0, 0.1) is 5.92 Å². The van der Waals surface area contributed by atoms with E-state index in [4.69, 9.17) is 16.3 Å². The van der Waals surface area contributed by atoms with E-state index in [-0.39, 0.29) is 0 Å². The van der Waals surface area contributed by atoms with Crippen LogP contribution in [0.25, 0.3) is 0 Å². The molecule has 1 aromatic carbocycles. The summed E-state index contributed by atoms with van der Waals surface area (Å²) in [5.74, 6) is 3.57. The molecule has 1 aromatic rings. The van der Waals surface area contributed by atoms with Gasteiger partial charge in [-0.25, -0.2) is 0 Å². The molecule has 1 atom stereocenters. The maximum absolute atomic E-state index is 5.71. The molecular formula is C13H19ClOS. The third-order valence-corrected chi connectivity index (χ3v) is 3.80. The Kier molecular flexibility index (Phi) is 6.74. The number of ether oxygens (including phenoxy) is 1. The van der Waals surface area contributed by atoms with Crippen molar-refractivity contribution in [2.24, 2.45) is 5.92 Å². The van der Waals surface area contributed by atoms with Gasteiger partial charge in [0.1, 0.15) is 5.75 Å². The molecule has 1 nitrogen and oxygen atoms in total. The fourth-order valence-corrected chi connectivity index (χ4v) is 2.84. The Labute approximate surface area is 108 Å². The van der Waals surface area contributed by atoms with Crippen molar-refractivity contribution in [2.45, 2.75) is 24.7 Å². The lowest BCUT2D eigenvalue weighted by Gasteiger charge is -2.08. The SMILES string of the molecule is COc1ccc(SCCC(C)CCCl)cc1. The van der Waals surface area contributed by atoms with E-state index in [1.807, 2.05) is 23.9 Å². The van der Waals surface area contributed by atoms with Gasteiger partial charge in [0, 0.05) is 10.8 Å². The van der Waals surface area contributed by atoms with E-state index in [1.54, 1.807) is 7.11 Å². The van der Waals surface area contributed by atoms with E-state index in [2.05, 4.69) is 19.1 Å². The molecule has 0 aliphatic heterocycles. The summed E-state index contributed by atoms with van der Waals surface area (Å²) in [5.41, 5.74) is 0. The third kappa shape index (κ3) is 5.13. The minimum atomic E-state index is 0.725. The van der Waals surface area contributed by atoms with E-state index in [9.17, 15) is 0 Å². The molecule has 0 amide bonds. The van der Waals surface area contributed by atoms with Crippen molar-refractivity contribution in [3.05, 3.63) is 24.3 Å². The highest BCUT2D eigenvalue weighted by atomic mass is 35.5. The summed E-state index contributed by atoms with van der Waals surface area (Å²) >= 11 is 7.60. The van der Waals surface area contributed by atoms with Crippen molar-refractivity contribution in [3.8, 4) is 5.75 Å². The van der Waals surface area contributed by atoms with Gasteiger partial charge >= 0.3 is 0 Å². The van der Waals surface area contributed by atoms with Crippen molar-refractivity contribution in [3.63, 3.8) is 0 Å². The first-order valence-corrected chi connectivity index (χ1v) is 7.11. The van der Waals surface area contributed by atoms with E-state index >= 15 is 0 Å². The molecule has 0 aliphatic carbocycles. The molecule has 0 aromatic heterocycles. The molecule has 0 radical (unpaired) electrons. The first-order valence-electron chi connectivity index (χ1n) is 5.59. The zero-order chi connectivity index (χ0) is 11.8. The summed E-state index contributed by atoms with van der Waals surface area (Å²) in [6, 6.07) is 8.22. The molecule has 0 fully saturated rings. The van der Waals surface area contributed by atoms with Gasteiger partial charge in [0.2, 0.25) is 0 Å². The van der Waals surface area contributed by atoms with Gasteiger partial charge in [0.05, 0.1) is 7.11 Å². The van der Waals surface area contributed by atoms with Gasteiger partial charge in [-0.3, -0.25) is 0 Å². The first-order chi connectivity index (χ1) is 7.76. The minimum Gasteiger partial charge on any atom is -0.497 e. The van der Waals surface area contributed by atoms with Crippen LogP contribution in [0.1, 0.15) is 19.8 Å². The van der Waals surface area contributed by atoms with E-state index < -0.39 is 0 Å². The van der Waals surface area contributed by atoms with Crippen molar-refractivity contribution in [1.29, 1.82) is 0 Å². The smallest absolute Gasteiger partial charge is 0.118 e. The van der Waals surface area contributed by atoms with Crippen molar-refractivity contribution in [1.82, 2.24) is 0 Å². The molecule has 90 valence electrons. The van der Waals surface area contributed by atoms with Gasteiger partial charge in [-0.1, -0.05) is 6.92 Å². The van der Waals surface area contributed by atoms with Gasteiger partial charge in [-0.05, 0) is 48.8 Å². The number of methoxy groups -OCH3 is 1. The first kappa shape index (κ1) is 13.7. The highest BCUT2D eigenvalue weighted by molar-refractivity contribution is 7.99. The fourth-order valence-electron chi connectivity index (χ4n) is 1.38. The lowest BCUT2D eigenvalue weighted by molar-refractivity contribution is 0.414. The molecule has 0 saturated heterocycles. The maximum atomic E-state index is 5.71. The van der Waals surface area contributed by atoms with Crippen molar-refractivity contribution < 1.29 is 4.74 Å². The number of benzene rings is 1. The molecule has 0 bridgehead atoms. The summed E-state index contributed by atoms with van der Waals surface area (Å²) in [6.45, 7) is 2.26. The zero-order valence-corrected chi connectivity index (χ0v) is 11.5. The Morgan fingerprint density at radius 3 is 2.50 bits per heavy atom. The molecule has 0 heterocycles. The largest absolute Gasteiger partial charge is 0.497 e. The number of hydrogen-bond donors (Lipinski definition) is 0. The highest BCUT2D eigenvalue weighted by Crippen LogP contribution is 2.23. The van der Waals surface area contributed by atoms with Gasteiger partial charge in [-0.15, -0.1) is 23.4 Å². The summed E-state index contributed by atoms with van der Waals surface area (Å²) in [4.78, 5) is 1.30. The summed E-state index contributed by atoms with van der Waals surface area (Å²) in [6.07, 6.45) is 2.34. The molecule has 0 spiro atoms. The number of rotatable bonds is 7. The second-order valence-electron chi connectivity index (χ2n) is 3.90. The van der Waals surface area contributed by atoms with Crippen LogP contribution in [0.5, 0.6) is 5.75 Å². The predicted octanol–water partition coefficient (Wildman–Crippen LogP) is 4.44. The molecule has 0 saturated carbocycles. The number of alkyl halides is 1. The standard InChI is InChI=1S/C13H19ClOS/c1-11(7-9-14)8-10-16-13-5-3-12(15-2)4-6-13/h3-6,11H,7-10H2,1-2H3. The quantitative estimate of drug-likeness (QED) is 0.528. The van der Waals surface area contributed by atoms with Crippen LogP contribution in [-0.4, -0.2) is 18.7 Å². The van der Waals surface area contributed by atoms with E-state index in [0.717, 1.165) is 29.7 Å². The molecule has 3 heteroatoms. The Hall–Kier alpha value is -0.340. The van der Waals surface area contributed by atoms with Crippen molar-refractivity contribution >= 4 is 23.4 Å². The lowest BCUT2D eigenvalue weighted by atomic mass is 10.1. The Balaban J connectivity index is 2.26. The van der Waals surface area contributed by atoms with Gasteiger partial charge < -0.3 is 4.74 Å². The summed E-state index contributed by atoms with van der Waals surface area (Å²) in [5, 5.41) is 0. The monoisotopic (exact) mass is 258 g/mol. The summed E-state index contributed by atoms with van der Waals surface area (Å²) in [7, 11) is 1.69. The van der Waals surface area contributed by atoms with Crippen LogP contribution < -0.4 is 4.74 Å². The van der Waals surface area contributed by atoms with Gasteiger partial charge in [0.15, 0.2) is 0 Å². The van der Waals surface area contributed by atoms with E-state index in [0.29, 0.717) is 0 Å². The lowest BCUT2D eigenvalue weighted by Crippen LogP contribution is -1.97. The number of halogens is 1. The maximum Gasteiger partial charge on any atom is 0.118 e. The predicted molar refractivity (Wildman–Crippen MR) is 72.8 cm³/mol. The Morgan fingerprint density at radius 2 is 1.94 bits per heavy atom. The minimum absolute atomic E-state index is 0.725. The van der Waals surface area contributed by atoms with Crippen LogP contribution >= 0.6 is 23.4 Å². The van der Waals surface area contributed by atoms with E-state index in [1.165, 1.54) is 11.3 Å².